The van der Waals surface area contributed by atoms with Crippen molar-refractivity contribution in [2.45, 2.75) is 27.7 Å². The average Bonchev–Trinajstić information content (AvgIpc) is 2.27. The second-order valence-electron chi connectivity index (χ2n) is 5.39. The molecule has 17 heavy (non-hydrogen) atoms. The molecule has 1 aromatic rings. The van der Waals surface area contributed by atoms with E-state index in [1.54, 1.807) is 7.11 Å². The van der Waals surface area contributed by atoms with E-state index in [9.17, 15) is 0 Å². The fourth-order valence-corrected chi connectivity index (χ4v) is 1.97. The molecule has 0 aliphatic carbocycles. The van der Waals surface area contributed by atoms with Gasteiger partial charge in [-0.1, -0.05) is 33.8 Å². The van der Waals surface area contributed by atoms with Crippen molar-refractivity contribution in [3.8, 4) is 5.75 Å². The molecule has 0 aliphatic heterocycles. The number of rotatable bonds is 6. The van der Waals surface area contributed by atoms with Crippen molar-refractivity contribution < 1.29 is 4.74 Å². The largest absolute Gasteiger partial charge is 0.497 e. The van der Waals surface area contributed by atoms with E-state index in [0.29, 0.717) is 11.8 Å². The number of hydrogen-bond acceptors (Lipinski definition) is 2. The highest BCUT2D eigenvalue weighted by atomic mass is 16.5. The summed E-state index contributed by atoms with van der Waals surface area (Å²) in [5, 5.41) is 0. The van der Waals surface area contributed by atoms with Gasteiger partial charge in [-0.2, -0.15) is 0 Å². The Bertz CT molecular complexity index is 323. The smallest absolute Gasteiger partial charge is 0.120 e. The Kier molecular flexibility index (Phi) is 5.33. The first-order valence-corrected chi connectivity index (χ1v) is 6.42. The zero-order valence-corrected chi connectivity index (χ0v) is 11.7. The van der Waals surface area contributed by atoms with Gasteiger partial charge in [0, 0.05) is 24.8 Å². The molecule has 0 saturated heterocycles. The molecule has 0 N–H and O–H groups in total. The summed E-state index contributed by atoms with van der Waals surface area (Å²) in [4.78, 5) is 2.44. The second-order valence-corrected chi connectivity index (χ2v) is 5.39. The topological polar surface area (TPSA) is 12.5 Å². The molecule has 0 fully saturated rings. The van der Waals surface area contributed by atoms with E-state index in [2.05, 4.69) is 50.8 Å². The van der Waals surface area contributed by atoms with Crippen LogP contribution in [-0.2, 0) is 0 Å². The SMILES string of the molecule is COc1cccc(N(CC(C)C)CC(C)C)c1. The van der Waals surface area contributed by atoms with E-state index < -0.39 is 0 Å². The summed E-state index contributed by atoms with van der Waals surface area (Å²) in [7, 11) is 1.72. The molecule has 0 radical (unpaired) electrons. The number of hydrogen-bond donors (Lipinski definition) is 0. The van der Waals surface area contributed by atoms with Crippen LogP contribution in [0.4, 0.5) is 5.69 Å². The first-order valence-electron chi connectivity index (χ1n) is 6.42. The van der Waals surface area contributed by atoms with E-state index in [0.717, 1.165) is 18.8 Å². The van der Waals surface area contributed by atoms with E-state index in [-0.39, 0.29) is 0 Å². The molecule has 0 atom stereocenters. The molecule has 0 aromatic heterocycles. The van der Waals surface area contributed by atoms with Crippen LogP contribution >= 0.6 is 0 Å². The second kappa shape index (κ2) is 6.53. The first-order chi connectivity index (χ1) is 8.02. The van der Waals surface area contributed by atoms with Gasteiger partial charge < -0.3 is 9.64 Å². The minimum atomic E-state index is 0.667. The van der Waals surface area contributed by atoms with E-state index >= 15 is 0 Å². The Balaban J connectivity index is 2.86. The highest BCUT2D eigenvalue weighted by Crippen LogP contribution is 2.22. The first kappa shape index (κ1) is 13.9. The Morgan fingerprint density at radius 2 is 1.65 bits per heavy atom. The van der Waals surface area contributed by atoms with Crippen molar-refractivity contribution in [1.82, 2.24) is 0 Å². The fraction of sp³-hybridized carbons (Fsp3) is 0.600. The summed E-state index contributed by atoms with van der Waals surface area (Å²) in [6.07, 6.45) is 0. The molecule has 0 heterocycles. The summed E-state index contributed by atoms with van der Waals surface area (Å²) >= 11 is 0. The van der Waals surface area contributed by atoms with Crippen molar-refractivity contribution >= 4 is 5.69 Å². The molecule has 1 rings (SSSR count). The van der Waals surface area contributed by atoms with Gasteiger partial charge in [0.15, 0.2) is 0 Å². The lowest BCUT2D eigenvalue weighted by molar-refractivity contribution is 0.414. The summed E-state index contributed by atoms with van der Waals surface area (Å²) in [5.41, 5.74) is 1.26. The molecule has 0 bridgehead atoms. The van der Waals surface area contributed by atoms with Crippen LogP contribution in [0.3, 0.4) is 0 Å². The van der Waals surface area contributed by atoms with Gasteiger partial charge in [0.2, 0.25) is 0 Å². The minimum Gasteiger partial charge on any atom is -0.497 e. The highest BCUT2D eigenvalue weighted by Gasteiger charge is 2.10. The van der Waals surface area contributed by atoms with Gasteiger partial charge in [-0.05, 0) is 24.0 Å². The third kappa shape index (κ3) is 4.68. The minimum absolute atomic E-state index is 0.667. The predicted octanol–water partition coefficient (Wildman–Crippen LogP) is 3.81. The van der Waals surface area contributed by atoms with Crippen molar-refractivity contribution in [3.05, 3.63) is 24.3 Å². The monoisotopic (exact) mass is 235 g/mol. The van der Waals surface area contributed by atoms with Crippen LogP contribution in [0.5, 0.6) is 5.75 Å². The molecule has 96 valence electrons. The molecule has 0 spiro atoms. The van der Waals surface area contributed by atoms with Crippen molar-refractivity contribution in [2.24, 2.45) is 11.8 Å². The maximum Gasteiger partial charge on any atom is 0.120 e. The summed E-state index contributed by atoms with van der Waals surface area (Å²) in [6, 6.07) is 8.33. The van der Waals surface area contributed by atoms with E-state index in [4.69, 9.17) is 4.74 Å². The molecule has 0 saturated carbocycles. The van der Waals surface area contributed by atoms with Crippen LogP contribution in [0.1, 0.15) is 27.7 Å². The predicted molar refractivity (Wildman–Crippen MR) is 74.9 cm³/mol. The Labute approximate surface area is 106 Å². The number of nitrogens with zero attached hydrogens (tertiary/aromatic N) is 1. The quantitative estimate of drug-likeness (QED) is 0.743. The molecule has 0 amide bonds. The number of anilines is 1. The van der Waals surface area contributed by atoms with Crippen molar-refractivity contribution in [2.75, 3.05) is 25.1 Å². The molecule has 0 unspecified atom stereocenters. The van der Waals surface area contributed by atoms with Crippen LogP contribution in [0, 0.1) is 11.8 Å². The molecule has 0 aliphatic rings. The standard InChI is InChI=1S/C15H25NO/c1-12(2)10-16(11-13(3)4)14-7-6-8-15(9-14)17-5/h6-9,12-13H,10-11H2,1-5H3. The van der Waals surface area contributed by atoms with Gasteiger partial charge in [-0.25, -0.2) is 0 Å². The van der Waals surface area contributed by atoms with Crippen LogP contribution in [0.15, 0.2) is 24.3 Å². The van der Waals surface area contributed by atoms with Crippen molar-refractivity contribution in [1.29, 1.82) is 0 Å². The fourth-order valence-electron chi connectivity index (χ4n) is 1.97. The highest BCUT2D eigenvalue weighted by molar-refractivity contribution is 5.50. The average molecular weight is 235 g/mol. The molecular weight excluding hydrogens is 210 g/mol. The van der Waals surface area contributed by atoms with Gasteiger partial charge in [0.1, 0.15) is 5.75 Å². The molecular formula is C15H25NO. The summed E-state index contributed by atoms with van der Waals surface area (Å²) in [6.45, 7) is 11.2. The van der Waals surface area contributed by atoms with Gasteiger partial charge in [-0.15, -0.1) is 0 Å². The Morgan fingerprint density at radius 1 is 1.06 bits per heavy atom. The van der Waals surface area contributed by atoms with Crippen LogP contribution < -0.4 is 9.64 Å². The molecule has 2 heteroatoms. The van der Waals surface area contributed by atoms with Crippen LogP contribution in [-0.4, -0.2) is 20.2 Å². The van der Waals surface area contributed by atoms with Crippen molar-refractivity contribution in [3.63, 3.8) is 0 Å². The van der Waals surface area contributed by atoms with Gasteiger partial charge >= 0.3 is 0 Å². The summed E-state index contributed by atoms with van der Waals surface area (Å²) in [5.74, 6) is 2.26. The lowest BCUT2D eigenvalue weighted by Gasteiger charge is -2.28. The third-order valence-corrected chi connectivity index (χ3v) is 2.59. The Hall–Kier alpha value is -1.18. The van der Waals surface area contributed by atoms with Crippen LogP contribution in [0.2, 0.25) is 0 Å². The maximum absolute atomic E-state index is 5.29. The van der Waals surface area contributed by atoms with Gasteiger partial charge in [0.05, 0.1) is 7.11 Å². The molecule has 2 nitrogen and oxygen atoms in total. The zero-order chi connectivity index (χ0) is 12.8. The van der Waals surface area contributed by atoms with E-state index in [1.165, 1.54) is 5.69 Å². The number of benzene rings is 1. The van der Waals surface area contributed by atoms with Gasteiger partial charge in [-0.3, -0.25) is 0 Å². The molecule has 1 aromatic carbocycles. The number of ether oxygens (including phenoxy) is 1. The maximum atomic E-state index is 5.29. The zero-order valence-electron chi connectivity index (χ0n) is 11.7. The normalized spacial score (nSPS) is 11.0. The summed E-state index contributed by atoms with van der Waals surface area (Å²) < 4.78 is 5.29. The Morgan fingerprint density at radius 3 is 2.12 bits per heavy atom. The number of methoxy groups -OCH3 is 1. The van der Waals surface area contributed by atoms with Gasteiger partial charge in [0.25, 0.3) is 0 Å². The van der Waals surface area contributed by atoms with Crippen LogP contribution in [0.25, 0.3) is 0 Å². The third-order valence-electron chi connectivity index (χ3n) is 2.59. The lowest BCUT2D eigenvalue weighted by atomic mass is 10.1. The van der Waals surface area contributed by atoms with E-state index in [1.807, 2.05) is 6.07 Å². The lowest BCUT2D eigenvalue weighted by Crippen LogP contribution is -2.31.